The molecule has 0 bridgehead atoms. The Morgan fingerprint density at radius 2 is 2.25 bits per heavy atom. The van der Waals surface area contributed by atoms with Gasteiger partial charge in [-0.1, -0.05) is 13.8 Å². The van der Waals surface area contributed by atoms with Gasteiger partial charge in [-0.15, -0.1) is 0 Å². The Hall–Kier alpha value is -1.65. The van der Waals surface area contributed by atoms with E-state index in [4.69, 9.17) is 0 Å². The normalized spacial score (nSPS) is 10.5. The number of aromatic amines is 1. The first-order chi connectivity index (χ1) is 7.54. The van der Waals surface area contributed by atoms with E-state index in [0.717, 1.165) is 6.42 Å². The third-order valence-electron chi connectivity index (χ3n) is 2.22. The van der Waals surface area contributed by atoms with Crippen molar-refractivity contribution < 1.29 is 9.53 Å². The molecule has 1 rings (SSSR count). The molecular weight excluding hydrogens is 208 g/mol. The minimum absolute atomic E-state index is 0.0594. The maximum Gasteiger partial charge on any atom is 0.345 e. The number of nitrogens with one attached hydrogen (secondary N) is 1. The van der Waals surface area contributed by atoms with E-state index in [1.807, 2.05) is 0 Å². The van der Waals surface area contributed by atoms with E-state index >= 15 is 0 Å². The molecule has 0 radical (unpaired) electrons. The molecular formula is C11H16N2O3. The van der Waals surface area contributed by atoms with E-state index in [9.17, 15) is 9.59 Å². The predicted molar refractivity (Wildman–Crippen MR) is 59.4 cm³/mol. The average molecular weight is 224 g/mol. The van der Waals surface area contributed by atoms with Crippen LogP contribution in [0.5, 0.6) is 0 Å². The van der Waals surface area contributed by atoms with Gasteiger partial charge in [-0.25, -0.2) is 9.78 Å². The summed E-state index contributed by atoms with van der Waals surface area (Å²) >= 11 is 0. The monoisotopic (exact) mass is 224 g/mol. The quantitative estimate of drug-likeness (QED) is 0.778. The van der Waals surface area contributed by atoms with Crippen molar-refractivity contribution in [3.8, 4) is 0 Å². The van der Waals surface area contributed by atoms with Gasteiger partial charge in [-0.05, 0) is 12.3 Å². The summed E-state index contributed by atoms with van der Waals surface area (Å²) in [6.45, 7) is 4.20. The van der Waals surface area contributed by atoms with Gasteiger partial charge in [-0.3, -0.25) is 4.79 Å². The van der Waals surface area contributed by atoms with Crippen LogP contribution in [-0.4, -0.2) is 23.0 Å². The zero-order chi connectivity index (χ0) is 12.1. The van der Waals surface area contributed by atoms with Gasteiger partial charge in [-0.2, -0.15) is 0 Å². The molecule has 0 amide bonds. The van der Waals surface area contributed by atoms with Crippen LogP contribution < -0.4 is 5.56 Å². The lowest BCUT2D eigenvalue weighted by molar-refractivity contribution is 0.0598. The fraction of sp³-hybridized carbons (Fsp3) is 0.545. The number of esters is 1. The lowest BCUT2D eigenvalue weighted by Crippen LogP contribution is -2.21. The standard InChI is InChI=1S/C11H16N2O3/c1-7(2)4-5-9-12-6-8(10(14)13-9)11(15)16-3/h6-7H,4-5H2,1-3H3,(H,12,13,14). The number of carbonyl (C=O) groups is 1. The largest absolute Gasteiger partial charge is 0.465 e. The molecule has 5 heteroatoms. The van der Waals surface area contributed by atoms with E-state index in [1.165, 1.54) is 13.3 Å². The first kappa shape index (κ1) is 12.4. The molecule has 0 spiro atoms. The van der Waals surface area contributed by atoms with E-state index in [-0.39, 0.29) is 5.56 Å². The highest BCUT2D eigenvalue weighted by molar-refractivity contribution is 5.88. The van der Waals surface area contributed by atoms with Crippen molar-refractivity contribution >= 4 is 5.97 Å². The first-order valence-electron chi connectivity index (χ1n) is 5.21. The lowest BCUT2D eigenvalue weighted by atomic mass is 10.1. The molecule has 0 aliphatic carbocycles. The van der Waals surface area contributed by atoms with Crippen LogP contribution >= 0.6 is 0 Å². The molecule has 1 heterocycles. The van der Waals surface area contributed by atoms with Crippen LogP contribution in [0.3, 0.4) is 0 Å². The van der Waals surface area contributed by atoms with Crippen LogP contribution in [0.4, 0.5) is 0 Å². The number of methoxy groups -OCH3 is 1. The Morgan fingerprint density at radius 1 is 1.56 bits per heavy atom. The van der Waals surface area contributed by atoms with Crippen LogP contribution in [0.1, 0.15) is 36.5 Å². The minimum atomic E-state index is -0.663. The summed E-state index contributed by atoms with van der Waals surface area (Å²) in [7, 11) is 1.23. The third-order valence-corrected chi connectivity index (χ3v) is 2.22. The van der Waals surface area contributed by atoms with E-state index in [2.05, 4.69) is 28.6 Å². The lowest BCUT2D eigenvalue weighted by Gasteiger charge is -2.04. The number of aryl methyl sites for hydroxylation is 1. The summed E-state index contributed by atoms with van der Waals surface area (Å²) in [5.74, 6) is 0.487. The highest BCUT2D eigenvalue weighted by Crippen LogP contribution is 2.04. The number of hydrogen-bond acceptors (Lipinski definition) is 4. The molecule has 16 heavy (non-hydrogen) atoms. The molecule has 0 fully saturated rings. The summed E-state index contributed by atoms with van der Waals surface area (Å²) in [6.07, 6.45) is 2.91. The van der Waals surface area contributed by atoms with Crippen LogP contribution in [0, 0.1) is 5.92 Å². The van der Waals surface area contributed by atoms with Crippen LogP contribution in [-0.2, 0) is 11.2 Å². The van der Waals surface area contributed by atoms with Gasteiger partial charge < -0.3 is 9.72 Å². The minimum Gasteiger partial charge on any atom is -0.465 e. The van der Waals surface area contributed by atoms with Crippen molar-refractivity contribution in [3.05, 3.63) is 27.9 Å². The summed E-state index contributed by atoms with van der Waals surface area (Å²) in [4.78, 5) is 29.2. The van der Waals surface area contributed by atoms with E-state index < -0.39 is 11.5 Å². The van der Waals surface area contributed by atoms with Gasteiger partial charge in [0.2, 0.25) is 0 Å². The molecule has 0 saturated heterocycles. The summed E-state index contributed by atoms with van der Waals surface area (Å²) < 4.78 is 4.46. The highest BCUT2D eigenvalue weighted by Gasteiger charge is 2.11. The maximum atomic E-state index is 11.5. The van der Waals surface area contributed by atoms with Crippen molar-refractivity contribution in [3.63, 3.8) is 0 Å². The van der Waals surface area contributed by atoms with Crippen molar-refractivity contribution in [1.82, 2.24) is 9.97 Å². The number of rotatable bonds is 4. The van der Waals surface area contributed by atoms with E-state index in [1.54, 1.807) is 0 Å². The number of hydrogen-bond donors (Lipinski definition) is 1. The number of H-pyrrole nitrogens is 1. The Kier molecular flexibility index (Phi) is 4.22. The number of carbonyl (C=O) groups excluding carboxylic acids is 1. The molecule has 0 aliphatic heterocycles. The van der Waals surface area contributed by atoms with E-state index in [0.29, 0.717) is 18.2 Å². The molecule has 5 nitrogen and oxygen atoms in total. The van der Waals surface area contributed by atoms with Crippen LogP contribution in [0.25, 0.3) is 0 Å². The Morgan fingerprint density at radius 3 is 2.75 bits per heavy atom. The second-order valence-electron chi connectivity index (χ2n) is 4.00. The van der Waals surface area contributed by atoms with Gasteiger partial charge in [0, 0.05) is 12.6 Å². The fourth-order valence-electron chi connectivity index (χ4n) is 1.24. The SMILES string of the molecule is COC(=O)c1cnc(CCC(C)C)[nH]c1=O. The Bertz CT molecular complexity index is 423. The second kappa shape index (κ2) is 5.44. The number of aromatic nitrogens is 2. The summed E-state index contributed by atoms with van der Waals surface area (Å²) in [6, 6.07) is 0. The zero-order valence-electron chi connectivity index (χ0n) is 9.74. The number of nitrogens with zero attached hydrogens (tertiary/aromatic N) is 1. The fourth-order valence-corrected chi connectivity index (χ4v) is 1.24. The molecule has 0 unspecified atom stereocenters. The maximum absolute atomic E-state index is 11.5. The van der Waals surface area contributed by atoms with Crippen molar-refractivity contribution in [2.24, 2.45) is 5.92 Å². The topological polar surface area (TPSA) is 72.0 Å². The zero-order valence-corrected chi connectivity index (χ0v) is 9.74. The summed E-state index contributed by atoms with van der Waals surface area (Å²) in [5.41, 5.74) is -0.503. The average Bonchev–Trinajstić information content (AvgIpc) is 2.25. The van der Waals surface area contributed by atoms with Gasteiger partial charge in [0.25, 0.3) is 5.56 Å². The molecule has 0 aromatic carbocycles. The second-order valence-corrected chi connectivity index (χ2v) is 4.00. The van der Waals surface area contributed by atoms with Gasteiger partial charge in [0.15, 0.2) is 0 Å². The van der Waals surface area contributed by atoms with Gasteiger partial charge >= 0.3 is 5.97 Å². The highest BCUT2D eigenvalue weighted by atomic mass is 16.5. The van der Waals surface area contributed by atoms with Gasteiger partial charge in [0.1, 0.15) is 11.4 Å². The summed E-state index contributed by atoms with van der Waals surface area (Å²) in [5, 5.41) is 0. The van der Waals surface area contributed by atoms with Crippen molar-refractivity contribution in [1.29, 1.82) is 0 Å². The van der Waals surface area contributed by atoms with Crippen molar-refractivity contribution in [2.45, 2.75) is 26.7 Å². The van der Waals surface area contributed by atoms with Gasteiger partial charge in [0.05, 0.1) is 7.11 Å². The third kappa shape index (κ3) is 3.18. The molecule has 88 valence electrons. The Balaban J connectivity index is 2.83. The molecule has 0 aliphatic rings. The molecule has 0 atom stereocenters. The number of ether oxygens (including phenoxy) is 1. The Labute approximate surface area is 93.9 Å². The predicted octanol–water partition coefficient (Wildman–Crippen LogP) is 1.15. The first-order valence-corrected chi connectivity index (χ1v) is 5.21. The van der Waals surface area contributed by atoms with Crippen LogP contribution in [0.15, 0.2) is 11.0 Å². The molecule has 1 aromatic heterocycles. The molecule has 1 N–H and O–H groups in total. The smallest absolute Gasteiger partial charge is 0.345 e. The van der Waals surface area contributed by atoms with Crippen LogP contribution in [0.2, 0.25) is 0 Å². The van der Waals surface area contributed by atoms with Crippen molar-refractivity contribution in [2.75, 3.05) is 7.11 Å². The molecule has 0 saturated carbocycles. The molecule has 1 aromatic rings.